The second-order valence-corrected chi connectivity index (χ2v) is 2.23. The quantitative estimate of drug-likeness (QED) is 0.557. The molecule has 0 amide bonds. The van der Waals surface area contributed by atoms with E-state index in [-0.39, 0.29) is 18.6 Å². The molecule has 40 valence electrons. The van der Waals surface area contributed by atoms with Crippen molar-refractivity contribution in [1.29, 1.82) is 0 Å². The van der Waals surface area contributed by atoms with Gasteiger partial charge in [-0.15, -0.1) is 12.4 Å². The first kappa shape index (κ1) is 15.7. The van der Waals surface area contributed by atoms with Gasteiger partial charge in [0.05, 0.1) is 0 Å². The topological polar surface area (TPSA) is 35.0 Å². The molecule has 0 aromatic rings. The van der Waals surface area contributed by atoms with Gasteiger partial charge in [0.1, 0.15) is 0 Å². The van der Waals surface area contributed by atoms with Crippen LogP contribution < -0.4 is 6.15 Å². The Morgan fingerprint density at radius 2 is 1.00 bits per heavy atom. The molecule has 0 aromatic carbocycles. The lowest BCUT2D eigenvalue weighted by molar-refractivity contribution is 2.13. The van der Waals surface area contributed by atoms with Crippen LogP contribution in [-0.2, 0) is 0 Å². The second-order valence-electron chi connectivity index (χ2n) is 0.247. The van der Waals surface area contributed by atoms with Gasteiger partial charge in [0, 0.05) is 0 Å². The summed E-state index contributed by atoms with van der Waals surface area (Å²) in [5.41, 5.74) is 0. The molecule has 0 atom stereocenters. The van der Waals surface area contributed by atoms with Gasteiger partial charge in [-0.3, -0.25) is 0 Å². The smallest absolute Gasteiger partial charge is 0.344 e. The first-order valence-electron chi connectivity index (χ1n) is 0.655. The van der Waals surface area contributed by atoms with Crippen LogP contribution in [0.25, 0.3) is 0 Å². The van der Waals surface area contributed by atoms with E-state index in [1.165, 1.54) is 0 Å². The molecule has 0 saturated heterocycles. The van der Waals surface area contributed by atoms with Crippen LogP contribution in [0.3, 0.4) is 0 Å². The van der Waals surface area contributed by atoms with E-state index in [1.54, 1.807) is 0 Å². The molecule has 0 aliphatic carbocycles. The minimum atomic E-state index is -0.750. The van der Waals surface area contributed by atoms with Crippen molar-refractivity contribution in [2.75, 3.05) is 0 Å². The lowest BCUT2D eigenvalue weighted by atomic mass is 10.7. The monoisotopic (exact) mass is 169 g/mol. The number of halogens is 4. The van der Waals surface area contributed by atoms with Crippen molar-refractivity contribution in [2.45, 2.75) is 0 Å². The Balaban J connectivity index is -0.0000000450. The minimum absolute atomic E-state index is 0. The van der Waals surface area contributed by atoms with E-state index >= 15 is 0 Å². The van der Waals surface area contributed by atoms with Gasteiger partial charge in [0.25, 0.3) is 0 Å². The Labute approximate surface area is 58.1 Å². The summed E-state index contributed by atoms with van der Waals surface area (Å²) in [6.45, 7) is 0. The van der Waals surface area contributed by atoms with E-state index in [0.717, 1.165) is 0 Å². The normalized spacial score (nSPS) is 4.50. The number of hydrogen-bond acceptors (Lipinski definition) is 1. The maximum Gasteiger partial charge on any atom is 0.450 e. The highest BCUT2D eigenvalue weighted by Crippen LogP contribution is 1.97. The molecule has 0 heterocycles. The maximum atomic E-state index is 4.81. The average molecular weight is 171 g/mol. The summed E-state index contributed by atoms with van der Waals surface area (Å²) >= 11 is 14.4. The highest BCUT2D eigenvalue weighted by molar-refractivity contribution is 7.54. The van der Waals surface area contributed by atoms with Crippen LogP contribution in [-0.4, -0.2) is 4.96 Å². The van der Waals surface area contributed by atoms with E-state index in [4.69, 9.17) is 34.4 Å². The third-order valence-corrected chi connectivity index (χ3v) is 0. The summed E-state index contributed by atoms with van der Waals surface area (Å²) in [4.78, 5) is -0.750. The summed E-state index contributed by atoms with van der Waals surface area (Å²) in [6.07, 6.45) is 0. The lowest BCUT2D eigenvalue weighted by Gasteiger charge is -1.61. The Bertz CT molecular complexity index is 12.3. The molecule has 0 bridgehead atoms. The maximum absolute atomic E-state index is 4.81. The fraction of sp³-hybridized carbons (Fsp3) is 0. The van der Waals surface area contributed by atoms with E-state index in [1.807, 2.05) is 0 Å². The van der Waals surface area contributed by atoms with Crippen LogP contribution in [0.4, 0.5) is 0 Å². The van der Waals surface area contributed by atoms with Gasteiger partial charge < -0.3 is 6.15 Å². The molecule has 0 aliphatic rings. The van der Waals surface area contributed by atoms with Gasteiger partial charge in [0.15, 0.2) is 0 Å². The zero-order chi connectivity index (χ0) is 3.58. The van der Waals surface area contributed by atoms with Crippen molar-refractivity contribution in [3.05, 3.63) is 0 Å². The van der Waals surface area contributed by atoms with Crippen molar-refractivity contribution in [1.82, 2.24) is 6.15 Å². The van der Waals surface area contributed by atoms with Gasteiger partial charge in [-0.25, -0.2) is 0 Å². The molecule has 0 radical (unpaired) electrons. The number of rotatable bonds is 0. The Kier molecular flexibility index (Phi) is 24.8. The molecule has 0 fully saturated rings. The van der Waals surface area contributed by atoms with Crippen LogP contribution >= 0.6 is 46.8 Å². The summed E-state index contributed by atoms with van der Waals surface area (Å²) < 4.78 is 0. The summed E-state index contributed by atoms with van der Waals surface area (Å²) in [6, 6.07) is 0. The SMILES string of the molecule is Cl.ClB(Cl)Cl.N. The third kappa shape index (κ3) is 64.7. The molecule has 0 saturated carbocycles. The first-order chi connectivity index (χ1) is 1.73. The molecule has 0 unspecified atom stereocenters. The van der Waals surface area contributed by atoms with E-state index in [9.17, 15) is 0 Å². The molecular weight excluding hydrogens is 167 g/mol. The molecule has 0 spiro atoms. The first-order valence-corrected chi connectivity index (χ1v) is 1.96. The molecule has 1 nitrogen and oxygen atoms in total. The van der Waals surface area contributed by atoms with Crippen molar-refractivity contribution in [3.8, 4) is 0 Å². The molecule has 3 N–H and O–H groups in total. The number of hydrogen-bond donors (Lipinski definition) is 1. The Hall–Kier alpha value is 1.18. The fourth-order valence-electron chi connectivity index (χ4n) is 0. The van der Waals surface area contributed by atoms with Gasteiger partial charge in [-0.1, -0.05) is 0 Å². The van der Waals surface area contributed by atoms with Crippen molar-refractivity contribution in [2.24, 2.45) is 0 Å². The Morgan fingerprint density at radius 1 is 1.00 bits per heavy atom. The summed E-state index contributed by atoms with van der Waals surface area (Å²) in [5, 5.41) is 0. The minimum Gasteiger partial charge on any atom is -0.344 e. The zero-order valence-electron chi connectivity index (χ0n) is 2.83. The predicted molar refractivity (Wildman–Crippen MR) is 35.6 cm³/mol. The predicted octanol–water partition coefficient (Wildman–Crippen LogP) is 2.27. The summed E-state index contributed by atoms with van der Waals surface area (Å²) in [5.74, 6) is 0. The van der Waals surface area contributed by atoms with Gasteiger partial charge in [-0.2, -0.15) is 34.4 Å². The van der Waals surface area contributed by atoms with Crippen molar-refractivity contribution in [3.63, 3.8) is 0 Å². The van der Waals surface area contributed by atoms with Crippen LogP contribution in [0.1, 0.15) is 0 Å². The lowest BCUT2D eigenvalue weighted by Crippen LogP contribution is -1.66. The van der Waals surface area contributed by atoms with Gasteiger partial charge >= 0.3 is 4.96 Å². The third-order valence-electron chi connectivity index (χ3n) is 0. The molecule has 0 aliphatic heterocycles. The largest absolute Gasteiger partial charge is 0.450 e. The standard InChI is InChI=1S/BCl3.ClH.H3N/c2-1(3)4;;/h;1H;1H3. The zero-order valence-corrected chi connectivity index (χ0v) is 5.91. The van der Waals surface area contributed by atoms with E-state index in [0.29, 0.717) is 0 Å². The van der Waals surface area contributed by atoms with Crippen LogP contribution in [0.2, 0.25) is 0 Å². The highest BCUT2D eigenvalue weighted by atomic mass is 35.6. The van der Waals surface area contributed by atoms with Gasteiger partial charge in [-0.05, 0) is 0 Å². The van der Waals surface area contributed by atoms with Gasteiger partial charge in [0.2, 0.25) is 0 Å². The highest BCUT2D eigenvalue weighted by Gasteiger charge is 1.91. The average Bonchev–Trinajstić information content (AvgIpc) is 0.811. The van der Waals surface area contributed by atoms with Crippen molar-refractivity contribution >= 4 is 51.7 Å². The van der Waals surface area contributed by atoms with Crippen LogP contribution in [0.5, 0.6) is 0 Å². The van der Waals surface area contributed by atoms with E-state index in [2.05, 4.69) is 0 Å². The molecular formula is H4BCl4N. The van der Waals surface area contributed by atoms with E-state index < -0.39 is 4.96 Å². The van der Waals surface area contributed by atoms with Crippen LogP contribution in [0.15, 0.2) is 0 Å². The fourth-order valence-corrected chi connectivity index (χ4v) is 0. The second kappa shape index (κ2) is 9.49. The molecule has 6 heteroatoms. The van der Waals surface area contributed by atoms with Crippen molar-refractivity contribution < 1.29 is 0 Å². The molecule has 0 aromatic heterocycles. The molecule has 0 rings (SSSR count). The Morgan fingerprint density at radius 3 is 1.00 bits per heavy atom. The van der Waals surface area contributed by atoms with Crippen LogP contribution in [0, 0.1) is 0 Å². The molecule has 6 heavy (non-hydrogen) atoms. The summed E-state index contributed by atoms with van der Waals surface area (Å²) in [7, 11) is 0.